The molecule has 1 fully saturated rings. The number of nitrogens with one attached hydrogen (secondary N) is 2. The number of amides is 1. The molecule has 0 unspecified atom stereocenters. The van der Waals surface area contributed by atoms with Gasteiger partial charge in [-0.25, -0.2) is 0 Å². The van der Waals surface area contributed by atoms with E-state index in [-0.39, 0.29) is 22.8 Å². The van der Waals surface area contributed by atoms with Crippen LogP contribution in [-0.2, 0) is 9.53 Å². The molecule has 0 spiro atoms. The first kappa shape index (κ1) is 15.5. The molecule has 7 nitrogen and oxygen atoms in total. The molecule has 0 radical (unpaired) electrons. The first-order valence-corrected chi connectivity index (χ1v) is 9.02. The highest BCUT2D eigenvalue weighted by atomic mass is 32.2. The maximum absolute atomic E-state index is 12.7. The zero-order chi connectivity index (χ0) is 16.5. The summed E-state index contributed by atoms with van der Waals surface area (Å²) in [6.45, 7) is 1.33. The van der Waals surface area contributed by atoms with Crippen molar-refractivity contribution in [1.29, 1.82) is 0 Å². The zero-order valence-electron chi connectivity index (χ0n) is 13.0. The van der Waals surface area contributed by atoms with E-state index in [1.807, 2.05) is 16.8 Å². The molecule has 1 amide bonds. The largest absolute Gasteiger partial charge is 0.381 e. The lowest BCUT2D eigenvalue weighted by molar-refractivity contribution is -0.113. The number of hydrogen-bond donors (Lipinski definition) is 2. The third kappa shape index (κ3) is 2.76. The molecule has 2 aliphatic rings. The summed E-state index contributed by atoms with van der Waals surface area (Å²) in [5.41, 5.74) is 1.44. The monoisotopic (exact) mass is 346 g/mol. The van der Waals surface area contributed by atoms with Gasteiger partial charge in [-0.3, -0.25) is 24.4 Å². The number of anilines is 1. The fourth-order valence-electron chi connectivity index (χ4n) is 3.26. The topological polar surface area (TPSA) is 89.0 Å². The Bertz CT molecular complexity index is 795. The van der Waals surface area contributed by atoms with Crippen LogP contribution in [0.1, 0.15) is 35.3 Å². The first-order valence-electron chi connectivity index (χ1n) is 7.97. The molecule has 1 saturated heterocycles. The Kier molecular flexibility index (Phi) is 4.15. The van der Waals surface area contributed by atoms with Gasteiger partial charge < -0.3 is 10.1 Å². The fourth-order valence-corrected chi connectivity index (χ4v) is 4.39. The number of nitrogens with zero attached hydrogens (tertiary/aromatic N) is 2. The summed E-state index contributed by atoms with van der Waals surface area (Å²) in [4.78, 5) is 28.9. The Morgan fingerprint density at radius 1 is 1.21 bits per heavy atom. The average Bonchev–Trinajstić information content (AvgIpc) is 2.83. The van der Waals surface area contributed by atoms with Gasteiger partial charge in [0.25, 0.3) is 5.56 Å². The lowest BCUT2D eigenvalue weighted by atomic mass is 10.1. The second kappa shape index (κ2) is 6.45. The Morgan fingerprint density at radius 2 is 1.96 bits per heavy atom. The van der Waals surface area contributed by atoms with Crippen LogP contribution in [0.25, 0.3) is 0 Å². The van der Waals surface area contributed by atoms with Gasteiger partial charge in [-0.2, -0.15) is 0 Å². The van der Waals surface area contributed by atoms with Crippen LogP contribution < -0.4 is 10.9 Å². The van der Waals surface area contributed by atoms with Gasteiger partial charge in [-0.1, -0.05) is 0 Å². The number of aromatic nitrogens is 3. The molecule has 2 aromatic rings. The van der Waals surface area contributed by atoms with Crippen LogP contribution in [0, 0.1) is 0 Å². The molecule has 4 rings (SSSR count). The highest BCUT2D eigenvalue weighted by molar-refractivity contribution is 8.00. The number of carbonyl (C=O) groups excluding carboxylic acids is 1. The Morgan fingerprint density at radius 3 is 2.71 bits per heavy atom. The van der Waals surface area contributed by atoms with Crippen LogP contribution in [0.5, 0.6) is 0 Å². The standard InChI is InChI=1S/C16H18N4O3S/c21-12-9-24-14(10-1-5-17-6-2-10)13-15(18-12)20(19-16(13)22)11-3-7-23-8-4-11/h1-2,5-6,11,14H,3-4,7-9H2,(H,18,21)(H,19,22)/t14-/m0/s1. The van der Waals surface area contributed by atoms with Crippen LogP contribution in [0.3, 0.4) is 0 Å². The molecule has 0 aromatic carbocycles. The number of rotatable bonds is 2. The van der Waals surface area contributed by atoms with Crippen molar-refractivity contribution in [2.24, 2.45) is 0 Å². The van der Waals surface area contributed by atoms with Crippen LogP contribution in [0.15, 0.2) is 29.3 Å². The third-order valence-electron chi connectivity index (χ3n) is 4.43. The minimum absolute atomic E-state index is 0.0855. The number of aromatic amines is 1. The van der Waals surface area contributed by atoms with Crippen LogP contribution >= 0.6 is 11.8 Å². The lowest BCUT2D eigenvalue weighted by Gasteiger charge is -2.25. The van der Waals surface area contributed by atoms with Crippen molar-refractivity contribution in [2.75, 3.05) is 24.3 Å². The van der Waals surface area contributed by atoms with Crippen molar-refractivity contribution in [3.63, 3.8) is 0 Å². The third-order valence-corrected chi connectivity index (χ3v) is 5.70. The van der Waals surface area contributed by atoms with Crippen molar-refractivity contribution in [3.8, 4) is 0 Å². The van der Waals surface area contributed by atoms with E-state index < -0.39 is 0 Å². The highest BCUT2D eigenvalue weighted by Crippen LogP contribution is 2.40. The van der Waals surface area contributed by atoms with Crippen molar-refractivity contribution < 1.29 is 9.53 Å². The van der Waals surface area contributed by atoms with Gasteiger partial charge in [0.1, 0.15) is 5.82 Å². The summed E-state index contributed by atoms with van der Waals surface area (Å²) in [6.07, 6.45) is 5.05. The number of pyridine rings is 1. The van der Waals surface area contributed by atoms with E-state index in [9.17, 15) is 9.59 Å². The van der Waals surface area contributed by atoms with Crippen LogP contribution in [0.4, 0.5) is 5.82 Å². The lowest BCUT2D eigenvalue weighted by Crippen LogP contribution is -2.24. The van der Waals surface area contributed by atoms with Crippen LogP contribution in [0.2, 0.25) is 0 Å². The van der Waals surface area contributed by atoms with Crippen molar-refractivity contribution in [3.05, 3.63) is 46.0 Å². The van der Waals surface area contributed by atoms with E-state index >= 15 is 0 Å². The summed E-state index contributed by atoms with van der Waals surface area (Å²) in [6, 6.07) is 3.92. The van der Waals surface area contributed by atoms with Gasteiger partial charge >= 0.3 is 0 Å². The van der Waals surface area contributed by atoms with E-state index in [0.717, 1.165) is 18.4 Å². The van der Waals surface area contributed by atoms with Gasteiger partial charge in [0.2, 0.25) is 5.91 Å². The van der Waals surface area contributed by atoms with Gasteiger partial charge in [0, 0.05) is 25.6 Å². The minimum Gasteiger partial charge on any atom is -0.381 e. The molecule has 2 aromatic heterocycles. The quantitative estimate of drug-likeness (QED) is 0.864. The maximum Gasteiger partial charge on any atom is 0.270 e. The van der Waals surface area contributed by atoms with E-state index in [1.54, 1.807) is 12.4 Å². The Labute approximate surface area is 142 Å². The Balaban J connectivity index is 1.82. The van der Waals surface area contributed by atoms with Crippen molar-refractivity contribution >= 4 is 23.5 Å². The summed E-state index contributed by atoms with van der Waals surface area (Å²) >= 11 is 1.46. The second-order valence-corrected chi connectivity index (χ2v) is 7.03. The van der Waals surface area contributed by atoms with E-state index in [4.69, 9.17) is 4.74 Å². The van der Waals surface area contributed by atoms with E-state index in [0.29, 0.717) is 30.3 Å². The fraction of sp³-hybridized carbons (Fsp3) is 0.438. The molecule has 126 valence electrons. The molecule has 8 heteroatoms. The summed E-state index contributed by atoms with van der Waals surface area (Å²) in [5, 5.41) is 5.67. The summed E-state index contributed by atoms with van der Waals surface area (Å²) in [7, 11) is 0. The zero-order valence-corrected chi connectivity index (χ0v) is 13.8. The second-order valence-electron chi connectivity index (χ2n) is 5.94. The molecular formula is C16H18N4O3S. The minimum atomic E-state index is -0.188. The molecule has 2 aliphatic heterocycles. The highest BCUT2D eigenvalue weighted by Gasteiger charge is 2.32. The number of H-pyrrole nitrogens is 1. The molecule has 4 heterocycles. The molecule has 0 aliphatic carbocycles. The molecule has 1 atom stereocenters. The first-order chi connectivity index (χ1) is 11.7. The van der Waals surface area contributed by atoms with E-state index in [1.165, 1.54) is 11.8 Å². The average molecular weight is 346 g/mol. The number of hydrogen-bond acceptors (Lipinski definition) is 5. The maximum atomic E-state index is 12.7. The molecule has 0 saturated carbocycles. The normalized spacial score (nSPS) is 21.8. The number of ether oxygens (including phenoxy) is 1. The number of thioether (sulfide) groups is 1. The van der Waals surface area contributed by atoms with Gasteiger partial charge in [0.05, 0.1) is 22.6 Å². The predicted molar refractivity (Wildman–Crippen MR) is 91.3 cm³/mol. The van der Waals surface area contributed by atoms with Crippen molar-refractivity contribution in [1.82, 2.24) is 14.8 Å². The summed E-state index contributed by atoms with van der Waals surface area (Å²) < 4.78 is 7.24. The Hall–Kier alpha value is -2.06. The molecule has 0 bridgehead atoms. The van der Waals surface area contributed by atoms with Crippen molar-refractivity contribution in [2.45, 2.75) is 24.1 Å². The predicted octanol–water partition coefficient (Wildman–Crippen LogP) is 1.70. The van der Waals surface area contributed by atoms with Gasteiger partial charge in [-0.15, -0.1) is 11.8 Å². The molecular weight excluding hydrogens is 328 g/mol. The molecule has 24 heavy (non-hydrogen) atoms. The molecule has 2 N–H and O–H groups in total. The number of fused-ring (bicyclic) bond motifs is 1. The van der Waals surface area contributed by atoms with E-state index in [2.05, 4.69) is 15.4 Å². The smallest absolute Gasteiger partial charge is 0.270 e. The SMILES string of the molecule is O=C1CS[C@@H](c2ccncc2)c2c(n(C3CCOCC3)[nH]c2=O)N1. The van der Waals surface area contributed by atoms with Gasteiger partial charge in [-0.05, 0) is 30.5 Å². The summed E-state index contributed by atoms with van der Waals surface area (Å²) in [5.74, 6) is 0.829. The van der Waals surface area contributed by atoms with Crippen LogP contribution in [-0.4, -0.2) is 39.6 Å². The van der Waals surface area contributed by atoms with Gasteiger partial charge in [0.15, 0.2) is 0 Å². The number of carbonyl (C=O) groups is 1.